The molecule has 2 aliphatic heterocycles. The average Bonchev–Trinajstić information content (AvgIpc) is 3.18. The number of piperidine rings is 1. The van der Waals surface area contributed by atoms with Gasteiger partial charge in [-0.1, -0.05) is 18.2 Å². The fraction of sp³-hybridized carbons (Fsp3) is 0.450. The second-order valence-electron chi connectivity index (χ2n) is 6.99. The van der Waals surface area contributed by atoms with E-state index in [1.165, 1.54) is 7.11 Å². The van der Waals surface area contributed by atoms with Crippen molar-refractivity contribution < 1.29 is 19.1 Å². The number of fused-ring (bicyclic) bond motifs is 2. The second kappa shape index (κ2) is 6.65. The topological polar surface area (TPSA) is 62.9 Å². The number of carbonyl (C=O) groups is 1. The fourth-order valence-corrected chi connectivity index (χ4v) is 4.28. The van der Waals surface area contributed by atoms with Crippen LogP contribution in [0, 0.1) is 0 Å². The van der Waals surface area contributed by atoms with Crippen LogP contribution >= 0.6 is 0 Å². The van der Waals surface area contributed by atoms with Crippen molar-refractivity contribution in [2.45, 2.75) is 50.4 Å². The Balaban J connectivity index is 1.55. The molecule has 0 unspecified atom stereocenters. The molecule has 4 rings (SSSR count). The van der Waals surface area contributed by atoms with Gasteiger partial charge in [0.25, 0.3) is 0 Å². The molecule has 0 amide bonds. The lowest BCUT2D eigenvalue weighted by Crippen LogP contribution is -2.43. The zero-order chi connectivity index (χ0) is 17.4. The molecule has 25 heavy (non-hydrogen) atoms. The van der Waals surface area contributed by atoms with Gasteiger partial charge < -0.3 is 14.3 Å². The Morgan fingerprint density at radius 2 is 1.92 bits per heavy atom. The molecule has 132 valence electrons. The maximum absolute atomic E-state index is 12.0. The summed E-state index contributed by atoms with van der Waals surface area (Å²) < 4.78 is 10.9. The summed E-state index contributed by atoms with van der Waals surface area (Å²) in [4.78, 5) is 14.4. The van der Waals surface area contributed by atoms with Crippen molar-refractivity contribution in [1.82, 2.24) is 4.90 Å². The summed E-state index contributed by atoms with van der Waals surface area (Å²) in [7, 11) is 1.38. The molecule has 1 aromatic carbocycles. The van der Waals surface area contributed by atoms with Crippen LogP contribution in [0.5, 0.6) is 0 Å². The van der Waals surface area contributed by atoms with Gasteiger partial charge in [-0.3, -0.25) is 4.90 Å². The molecule has 5 heteroatoms. The number of nitrogens with zero attached hydrogens (tertiary/aromatic N) is 1. The predicted octanol–water partition coefficient (Wildman–Crippen LogP) is 3.22. The molecule has 2 aliphatic rings. The van der Waals surface area contributed by atoms with Crippen LogP contribution in [0.3, 0.4) is 0 Å². The number of aliphatic hydroxyl groups is 1. The summed E-state index contributed by atoms with van der Waals surface area (Å²) in [6, 6.07) is 12.1. The minimum absolute atomic E-state index is 0.159. The van der Waals surface area contributed by atoms with E-state index in [-0.39, 0.29) is 12.1 Å². The highest BCUT2D eigenvalue weighted by Crippen LogP contribution is 2.37. The summed E-state index contributed by atoms with van der Waals surface area (Å²) in [5.41, 5.74) is 1.25. The van der Waals surface area contributed by atoms with Gasteiger partial charge in [0.1, 0.15) is 11.5 Å². The molecule has 2 fully saturated rings. The first-order valence-corrected chi connectivity index (χ1v) is 8.86. The number of furan rings is 1. The van der Waals surface area contributed by atoms with Crippen LogP contribution in [0.4, 0.5) is 0 Å². The summed E-state index contributed by atoms with van der Waals surface area (Å²) in [5, 5.41) is 9.94. The number of esters is 1. The number of aliphatic hydroxyl groups excluding tert-OH is 1. The molecule has 2 aromatic rings. The number of carbonyl (C=O) groups excluding carboxylic acids is 1. The second-order valence-corrected chi connectivity index (χ2v) is 6.99. The SMILES string of the molecule is COC(=O)c1ccccc1-c1ccc(CN2[C@H]3CC[C@H]2CC(O)C3)o1. The van der Waals surface area contributed by atoms with Gasteiger partial charge in [-0.2, -0.15) is 0 Å². The minimum Gasteiger partial charge on any atom is -0.465 e. The van der Waals surface area contributed by atoms with Gasteiger partial charge in [0.2, 0.25) is 0 Å². The molecular weight excluding hydrogens is 318 g/mol. The van der Waals surface area contributed by atoms with Gasteiger partial charge >= 0.3 is 5.97 Å². The normalized spacial score (nSPS) is 25.9. The first-order valence-electron chi connectivity index (χ1n) is 8.86. The van der Waals surface area contributed by atoms with Gasteiger partial charge in [0, 0.05) is 17.6 Å². The molecule has 0 radical (unpaired) electrons. The zero-order valence-electron chi connectivity index (χ0n) is 14.4. The van der Waals surface area contributed by atoms with Crippen molar-refractivity contribution in [2.75, 3.05) is 7.11 Å². The third-order valence-electron chi connectivity index (χ3n) is 5.46. The largest absolute Gasteiger partial charge is 0.465 e. The maximum Gasteiger partial charge on any atom is 0.338 e. The Morgan fingerprint density at radius 1 is 1.20 bits per heavy atom. The van der Waals surface area contributed by atoms with Crippen LogP contribution in [-0.2, 0) is 11.3 Å². The summed E-state index contributed by atoms with van der Waals surface area (Å²) in [6.45, 7) is 0.752. The minimum atomic E-state index is -0.364. The molecule has 2 saturated heterocycles. The Hall–Kier alpha value is -2.11. The lowest BCUT2D eigenvalue weighted by molar-refractivity contribution is 0.0276. The molecular formula is C20H23NO4. The number of hydrogen-bond acceptors (Lipinski definition) is 5. The summed E-state index contributed by atoms with van der Waals surface area (Å²) >= 11 is 0. The van der Waals surface area contributed by atoms with E-state index in [0.29, 0.717) is 23.4 Å². The highest BCUT2D eigenvalue weighted by molar-refractivity contribution is 5.96. The Morgan fingerprint density at radius 3 is 2.64 bits per heavy atom. The average molecular weight is 341 g/mol. The van der Waals surface area contributed by atoms with Crippen LogP contribution in [0.2, 0.25) is 0 Å². The van der Waals surface area contributed by atoms with E-state index in [0.717, 1.165) is 43.6 Å². The van der Waals surface area contributed by atoms with Gasteiger partial charge in [-0.05, 0) is 43.9 Å². The lowest BCUT2D eigenvalue weighted by atomic mass is 10.00. The van der Waals surface area contributed by atoms with Crippen molar-refractivity contribution in [2.24, 2.45) is 0 Å². The van der Waals surface area contributed by atoms with Crippen LogP contribution in [0.15, 0.2) is 40.8 Å². The van der Waals surface area contributed by atoms with E-state index in [1.807, 2.05) is 30.3 Å². The third kappa shape index (κ3) is 3.10. The highest BCUT2D eigenvalue weighted by Gasteiger charge is 2.40. The number of methoxy groups -OCH3 is 1. The van der Waals surface area contributed by atoms with E-state index in [4.69, 9.17) is 9.15 Å². The summed E-state index contributed by atoms with van der Waals surface area (Å²) in [5.74, 6) is 1.21. The Bertz CT molecular complexity index is 755. The van der Waals surface area contributed by atoms with Crippen molar-refractivity contribution in [3.05, 3.63) is 47.7 Å². The predicted molar refractivity (Wildman–Crippen MR) is 93.1 cm³/mol. The maximum atomic E-state index is 12.0. The highest BCUT2D eigenvalue weighted by atomic mass is 16.5. The number of hydrogen-bond donors (Lipinski definition) is 1. The number of rotatable bonds is 4. The Kier molecular flexibility index (Phi) is 4.36. The fourth-order valence-electron chi connectivity index (χ4n) is 4.28. The van der Waals surface area contributed by atoms with E-state index in [1.54, 1.807) is 6.07 Å². The first-order chi connectivity index (χ1) is 12.2. The van der Waals surface area contributed by atoms with Crippen LogP contribution < -0.4 is 0 Å². The molecule has 2 atom stereocenters. The standard InChI is InChI=1S/C20H23NO4/c1-24-20(23)18-5-3-2-4-17(18)19-9-8-16(25-19)12-21-13-6-7-14(21)11-15(22)10-13/h2-5,8-9,13-15,22H,6-7,10-12H2,1H3/t13-,14-/m0/s1. The van der Waals surface area contributed by atoms with Crippen molar-refractivity contribution in [3.8, 4) is 11.3 Å². The Labute approximate surface area is 147 Å². The van der Waals surface area contributed by atoms with E-state index in [2.05, 4.69) is 4.90 Å². The first kappa shape index (κ1) is 16.4. The van der Waals surface area contributed by atoms with E-state index in [9.17, 15) is 9.90 Å². The number of benzene rings is 1. The van der Waals surface area contributed by atoms with Gasteiger partial charge in [0.15, 0.2) is 0 Å². The van der Waals surface area contributed by atoms with Crippen molar-refractivity contribution in [3.63, 3.8) is 0 Å². The van der Waals surface area contributed by atoms with Gasteiger partial charge in [-0.25, -0.2) is 4.79 Å². The molecule has 3 heterocycles. The van der Waals surface area contributed by atoms with Crippen LogP contribution in [0.25, 0.3) is 11.3 Å². The van der Waals surface area contributed by atoms with Crippen molar-refractivity contribution >= 4 is 5.97 Å². The molecule has 0 saturated carbocycles. The lowest BCUT2D eigenvalue weighted by Gasteiger charge is -2.36. The van der Waals surface area contributed by atoms with Gasteiger partial charge in [-0.15, -0.1) is 0 Å². The van der Waals surface area contributed by atoms with Crippen LogP contribution in [-0.4, -0.2) is 41.3 Å². The quantitative estimate of drug-likeness (QED) is 0.865. The smallest absolute Gasteiger partial charge is 0.338 e. The third-order valence-corrected chi connectivity index (χ3v) is 5.46. The summed E-state index contributed by atoms with van der Waals surface area (Å²) in [6.07, 6.45) is 3.86. The molecule has 1 N–H and O–H groups in total. The molecule has 0 spiro atoms. The van der Waals surface area contributed by atoms with Crippen LogP contribution in [0.1, 0.15) is 41.8 Å². The number of ether oxygens (including phenoxy) is 1. The zero-order valence-corrected chi connectivity index (χ0v) is 14.4. The molecule has 2 bridgehead atoms. The molecule has 1 aromatic heterocycles. The monoisotopic (exact) mass is 341 g/mol. The molecule has 5 nitrogen and oxygen atoms in total. The van der Waals surface area contributed by atoms with Crippen molar-refractivity contribution in [1.29, 1.82) is 0 Å². The van der Waals surface area contributed by atoms with E-state index >= 15 is 0 Å². The van der Waals surface area contributed by atoms with E-state index < -0.39 is 0 Å². The van der Waals surface area contributed by atoms with Gasteiger partial charge in [0.05, 0.1) is 25.3 Å². The molecule has 0 aliphatic carbocycles.